The van der Waals surface area contributed by atoms with Gasteiger partial charge >= 0.3 is 5.97 Å². The Bertz CT molecular complexity index is 542. The lowest BCUT2D eigenvalue weighted by Crippen LogP contribution is -2.14. The van der Waals surface area contributed by atoms with Crippen molar-refractivity contribution in [2.24, 2.45) is 0 Å². The van der Waals surface area contributed by atoms with Crippen molar-refractivity contribution in [2.75, 3.05) is 0 Å². The van der Waals surface area contributed by atoms with E-state index in [1.165, 1.54) is 0 Å². The van der Waals surface area contributed by atoms with Crippen LogP contribution in [0.2, 0.25) is 0 Å². The number of halogens is 1. The van der Waals surface area contributed by atoms with E-state index in [0.29, 0.717) is 19.0 Å². The Kier molecular flexibility index (Phi) is 6.21. The third-order valence-corrected chi connectivity index (χ3v) is 2.90. The van der Waals surface area contributed by atoms with E-state index in [9.17, 15) is 4.79 Å². The number of carboxylic acids is 1. The standard InChI is InChI=1S/C14H16N2O3.ClH/c1-11(14(17)18)13-7-15-9-16(13)10-19-8-12-5-3-2-4-6-12;/h2-7,9,11H,8,10H2,1H3,(H,17,18);1H. The summed E-state index contributed by atoms with van der Waals surface area (Å²) in [5.74, 6) is -1.47. The fraction of sp³-hybridized carbons (Fsp3) is 0.286. The van der Waals surface area contributed by atoms with Crippen molar-refractivity contribution < 1.29 is 14.6 Å². The average molecular weight is 297 g/mol. The minimum atomic E-state index is -0.871. The van der Waals surface area contributed by atoms with Crippen LogP contribution in [0, 0.1) is 0 Å². The summed E-state index contributed by atoms with van der Waals surface area (Å²) in [4.78, 5) is 14.9. The van der Waals surface area contributed by atoms with Crippen LogP contribution in [0.4, 0.5) is 0 Å². The van der Waals surface area contributed by atoms with E-state index in [4.69, 9.17) is 9.84 Å². The zero-order chi connectivity index (χ0) is 13.7. The van der Waals surface area contributed by atoms with E-state index in [0.717, 1.165) is 5.56 Å². The van der Waals surface area contributed by atoms with Gasteiger partial charge in [0.15, 0.2) is 0 Å². The molecule has 108 valence electrons. The molecule has 0 saturated carbocycles. The Hall–Kier alpha value is -1.85. The molecule has 0 spiro atoms. The van der Waals surface area contributed by atoms with Crippen LogP contribution in [0.5, 0.6) is 0 Å². The van der Waals surface area contributed by atoms with Gasteiger partial charge in [0, 0.05) is 6.20 Å². The summed E-state index contributed by atoms with van der Waals surface area (Å²) >= 11 is 0. The summed E-state index contributed by atoms with van der Waals surface area (Å²) in [6.45, 7) is 2.41. The van der Waals surface area contributed by atoms with E-state index < -0.39 is 11.9 Å². The normalized spacial score (nSPS) is 11.7. The molecule has 0 amide bonds. The minimum Gasteiger partial charge on any atom is -0.481 e. The second-order valence-corrected chi connectivity index (χ2v) is 4.31. The van der Waals surface area contributed by atoms with Crippen LogP contribution in [0.3, 0.4) is 0 Å². The van der Waals surface area contributed by atoms with Gasteiger partial charge in [-0.05, 0) is 12.5 Å². The number of benzene rings is 1. The summed E-state index contributed by atoms with van der Waals surface area (Å²) < 4.78 is 7.27. The monoisotopic (exact) mass is 296 g/mol. The van der Waals surface area contributed by atoms with E-state index in [1.807, 2.05) is 30.3 Å². The highest BCUT2D eigenvalue weighted by Gasteiger charge is 2.17. The molecule has 1 unspecified atom stereocenters. The number of ether oxygens (including phenoxy) is 1. The number of aliphatic carboxylic acids is 1. The quantitative estimate of drug-likeness (QED) is 0.890. The number of aromatic nitrogens is 2. The molecule has 1 N–H and O–H groups in total. The van der Waals surface area contributed by atoms with Crippen LogP contribution >= 0.6 is 12.4 Å². The van der Waals surface area contributed by atoms with Gasteiger partial charge in [-0.1, -0.05) is 30.3 Å². The molecule has 5 nitrogen and oxygen atoms in total. The highest BCUT2D eigenvalue weighted by atomic mass is 35.5. The van der Waals surface area contributed by atoms with E-state index in [-0.39, 0.29) is 12.4 Å². The Balaban J connectivity index is 0.00000200. The van der Waals surface area contributed by atoms with Gasteiger partial charge in [0.25, 0.3) is 0 Å². The first-order chi connectivity index (χ1) is 9.18. The number of carboxylic acid groups (broad SMARTS) is 1. The van der Waals surface area contributed by atoms with Gasteiger partial charge in [-0.15, -0.1) is 12.4 Å². The van der Waals surface area contributed by atoms with Crippen LogP contribution in [0.25, 0.3) is 0 Å². The molecule has 6 heteroatoms. The lowest BCUT2D eigenvalue weighted by molar-refractivity contribution is -0.138. The molecule has 0 saturated heterocycles. The van der Waals surface area contributed by atoms with E-state index >= 15 is 0 Å². The molecule has 1 aromatic heterocycles. The number of nitrogens with zero attached hydrogens (tertiary/aromatic N) is 2. The topological polar surface area (TPSA) is 64.3 Å². The molecule has 20 heavy (non-hydrogen) atoms. The second-order valence-electron chi connectivity index (χ2n) is 4.31. The maximum atomic E-state index is 11.0. The second kappa shape index (κ2) is 7.67. The molecular formula is C14H17ClN2O3. The summed E-state index contributed by atoms with van der Waals surface area (Å²) in [6, 6.07) is 9.82. The molecule has 0 aliphatic rings. The maximum Gasteiger partial charge on any atom is 0.312 e. The zero-order valence-corrected chi connectivity index (χ0v) is 11.9. The number of imidazole rings is 1. The van der Waals surface area contributed by atoms with Gasteiger partial charge in [0.05, 0.1) is 24.5 Å². The van der Waals surface area contributed by atoms with Crippen molar-refractivity contribution in [3.05, 3.63) is 54.1 Å². The molecule has 0 aliphatic carbocycles. The predicted octanol–water partition coefficient (Wildman–Crippen LogP) is 2.67. The number of rotatable bonds is 6. The Morgan fingerprint density at radius 2 is 2.10 bits per heavy atom. The fourth-order valence-corrected chi connectivity index (χ4v) is 1.76. The lowest BCUT2D eigenvalue weighted by atomic mass is 10.1. The van der Waals surface area contributed by atoms with Crippen molar-refractivity contribution in [3.63, 3.8) is 0 Å². The van der Waals surface area contributed by atoms with Gasteiger partial charge in [0.1, 0.15) is 6.73 Å². The molecule has 1 aromatic carbocycles. The Labute approximate surface area is 123 Å². The third-order valence-electron chi connectivity index (χ3n) is 2.90. The van der Waals surface area contributed by atoms with Gasteiger partial charge in [-0.3, -0.25) is 4.79 Å². The Morgan fingerprint density at radius 1 is 1.40 bits per heavy atom. The Morgan fingerprint density at radius 3 is 2.75 bits per heavy atom. The lowest BCUT2D eigenvalue weighted by Gasteiger charge is -2.11. The van der Waals surface area contributed by atoms with Crippen molar-refractivity contribution >= 4 is 18.4 Å². The molecule has 0 fully saturated rings. The van der Waals surface area contributed by atoms with Gasteiger partial charge in [-0.2, -0.15) is 0 Å². The summed E-state index contributed by atoms with van der Waals surface area (Å²) in [5.41, 5.74) is 1.72. The molecule has 0 bridgehead atoms. The number of carbonyl (C=O) groups is 1. The highest BCUT2D eigenvalue weighted by Crippen LogP contribution is 2.15. The van der Waals surface area contributed by atoms with Crippen LogP contribution in [-0.4, -0.2) is 20.6 Å². The van der Waals surface area contributed by atoms with Gasteiger partial charge in [-0.25, -0.2) is 4.98 Å². The van der Waals surface area contributed by atoms with Crippen molar-refractivity contribution in [3.8, 4) is 0 Å². The third kappa shape index (κ3) is 4.08. The van der Waals surface area contributed by atoms with E-state index in [1.54, 1.807) is 24.0 Å². The van der Waals surface area contributed by atoms with Crippen LogP contribution in [0.15, 0.2) is 42.9 Å². The molecule has 0 radical (unpaired) electrons. The van der Waals surface area contributed by atoms with Gasteiger partial charge in [0.2, 0.25) is 0 Å². The van der Waals surface area contributed by atoms with Crippen LogP contribution in [0.1, 0.15) is 24.1 Å². The predicted molar refractivity (Wildman–Crippen MR) is 76.8 cm³/mol. The summed E-state index contributed by atoms with van der Waals surface area (Å²) in [6.07, 6.45) is 3.14. The van der Waals surface area contributed by atoms with Crippen molar-refractivity contribution in [2.45, 2.75) is 26.2 Å². The molecule has 1 heterocycles. The van der Waals surface area contributed by atoms with Gasteiger partial charge < -0.3 is 14.4 Å². The average Bonchev–Trinajstić information content (AvgIpc) is 2.87. The molecular weight excluding hydrogens is 280 g/mol. The largest absolute Gasteiger partial charge is 0.481 e. The number of hydrogen-bond acceptors (Lipinski definition) is 3. The fourth-order valence-electron chi connectivity index (χ4n) is 1.76. The highest BCUT2D eigenvalue weighted by molar-refractivity contribution is 5.85. The van der Waals surface area contributed by atoms with Crippen LogP contribution < -0.4 is 0 Å². The van der Waals surface area contributed by atoms with E-state index in [2.05, 4.69) is 4.98 Å². The van der Waals surface area contributed by atoms with Crippen molar-refractivity contribution in [1.29, 1.82) is 0 Å². The molecule has 2 aromatic rings. The smallest absolute Gasteiger partial charge is 0.312 e. The molecule has 0 aliphatic heterocycles. The maximum absolute atomic E-state index is 11.0. The first kappa shape index (κ1) is 16.2. The zero-order valence-electron chi connectivity index (χ0n) is 11.1. The summed E-state index contributed by atoms with van der Waals surface area (Å²) in [5, 5.41) is 9.00. The minimum absolute atomic E-state index is 0. The first-order valence-corrected chi connectivity index (χ1v) is 6.03. The molecule has 2 rings (SSSR count). The molecule has 1 atom stereocenters. The van der Waals surface area contributed by atoms with Crippen molar-refractivity contribution in [1.82, 2.24) is 9.55 Å². The summed E-state index contributed by atoms with van der Waals surface area (Å²) in [7, 11) is 0. The van der Waals surface area contributed by atoms with Crippen LogP contribution in [-0.2, 0) is 22.9 Å². The number of hydrogen-bond donors (Lipinski definition) is 1. The SMILES string of the molecule is CC(C(=O)O)c1cncn1COCc1ccccc1.Cl. The first-order valence-electron chi connectivity index (χ1n) is 6.03.